The van der Waals surface area contributed by atoms with E-state index in [1.54, 1.807) is 0 Å². The van der Waals surface area contributed by atoms with E-state index >= 15 is 0 Å². The zero-order chi connectivity index (χ0) is 11.7. The van der Waals surface area contributed by atoms with E-state index in [0.717, 1.165) is 25.7 Å². The lowest BCUT2D eigenvalue weighted by Crippen LogP contribution is -2.33. The normalized spacial score (nSPS) is 29.2. The van der Waals surface area contributed by atoms with Crippen LogP contribution in [-0.2, 0) is 16.7 Å². The highest BCUT2D eigenvalue weighted by Gasteiger charge is 2.29. The second-order valence-corrected chi connectivity index (χ2v) is 5.67. The standard InChI is InChI=1S/C15H21NO/c1-15(7-2-8-16-15)14-5-3-12(4-6-14)9-13-10-17-11-13/h3-6,13,16H,2,7-11H2,1H3. The molecule has 92 valence electrons. The smallest absolute Gasteiger partial charge is 0.0519 e. The van der Waals surface area contributed by atoms with Gasteiger partial charge < -0.3 is 10.1 Å². The molecule has 1 aromatic rings. The fourth-order valence-corrected chi connectivity index (χ4v) is 2.89. The molecule has 2 aliphatic rings. The molecule has 0 amide bonds. The van der Waals surface area contributed by atoms with Crippen molar-refractivity contribution in [3.8, 4) is 0 Å². The fourth-order valence-electron chi connectivity index (χ4n) is 2.89. The minimum Gasteiger partial charge on any atom is -0.381 e. The SMILES string of the molecule is CC1(c2ccc(CC3COC3)cc2)CCCN1. The van der Waals surface area contributed by atoms with Crippen molar-refractivity contribution in [1.82, 2.24) is 5.32 Å². The van der Waals surface area contributed by atoms with Crippen LogP contribution in [0.15, 0.2) is 24.3 Å². The van der Waals surface area contributed by atoms with Gasteiger partial charge in [0, 0.05) is 11.5 Å². The maximum atomic E-state index is 5.22. The van der Waals surface area contributed by atoms with Crippen molar-refractivity contribution in [1.29, 1.82) is 0 Å². The van der Waals surface area contributed by atoms with E-state index in [2.05, 4.69) is 36.5 Å². The van der Waals surface area contributed by atoms with E-state index < -0.39 is 0 Å². The molecule has 3 rings (SSSR count). The van der Waals surface area contributed by atoms with Crippen molar-refractivity contribution in [2.24, 2.45) is 5.92 Å². The van der Waals surface area contributed by atoms with E-state index in [-0.39, 0.29) is 5.54 Å². The van der Waals surface area contributed by atoms with Crippen LogP contribution in [0, 0.1) is 5.92 Å². The van der Waals surface area contributed by atoms with Crippen molar-refractivity contribution in [2.75, 3.05) is 19.8 Å². The summed E-state index contributed by atoms with van der Waals surface area (Å²) in [6.07, 6.45) is 3.71. The molecule has 0 saturated carbocycles. The van der Waals surface area contributed by atoms with Crippen LogP contribution in [0.3, 0.4) is 0 Å². The Morgan fingerprint density at radius 1 is 1.29 bits per heavy atom. The van der Waals surface area contributed by atoms with Crippen LogP contribution < -0.4 is 5.32 Å². The first-order valence-electron chi connectivity index (χ1n) is 6.68. The van der Waals surface area contributed by atoms with Crippen molar-refractivity contribution in [2.45, 2.75) is 31.7 Å². The molecule has 2 fully saturated rings. The van der Waals surface area contributed by atoms with Crippen LogP contribution >= 0.6 is 0 Å². The summed E-state index contributed by atoms with van der Waals surface area (Å²) in [7, 11) is 0. The van der Waals surface area contributed by atoms with E-state index in [9.17, 15) is 0 Å². The summed E-state index contributed by atoms with van der Waals surface area (Å²) in [6.45, 7) is 5.36. The molecule has 1 unspecified atom stereocenters. The number of hydrogen-bond acceptors (Lipinski definition) is 2. The maximum Gasteiger partial charge on any atom is 0.0519 e. The van der Waals surface area contributed by atoms with Gasteiger partial charge in [0.05, 0.1) is 13.2 Å². The van der Waals surface area contributed by atoms with Crippen LogP contribution in [0.1, 0.15) is 30.9 Å². The number of nitrogens with one attached hydrogen (secondary N) is 1. The van der Waals surface area contributed by atoms with Gasteiger partial charge in [-0.25, -0.2) is 0 Å². The van der Waals surface area contributed by atoms with Crippen LogP contribution in [-0.4, -0.2) is 19.8 Å². The van der Waals surface area contributed by atoms with Gasteiger partial charge >= 0.3 is 0 Å². The molecule has 0 radical (unpaired) electrons. The maximum absolute atomic E-state index is 5.22. The lowest BCUT2D eigenvalue weighted by Gasteiger charge is -2.27. The lowest BCUT2D eigenvalue weighted by atomic mass is 9.89. The summed E-state index contributed by atoms with van der Waals surface area (Å²) in [5, 5.41) is 3.61. The van der Waals surface area contributed by atoms with E-state index in [1.165, 1.54) is 30.4 Å². The predicted octanol–water partition coefficient (Wildman–Crippen LogP) is 2.47. The third-order valence-corrected chi connectivity index (χ3v) is 4.19. The summed E-state index contributed by atoms with van der Waals surface area (Å²) in [4.78, 5) is 0. The van der Waals surface area contributed by atoms with E-state index in [0.29, 0.717) is 0 Å². The molecule has 2 aliphatic heterocycles. The van der Waals surface area contributed by atoms with Crippen LogP contribution in [0.4, 0.5) is 0 Å². The summed E-state index contributed by atoms with van der Waals surface area (Å²) >= 11 is 0. The first kappa shape index (κ1) is 11.2. The van der Waals surface area contributed by atoms with Gasteiger partial charge in [-0.1, -0.05) is 24.3 Å². The lowest BCUT2D eigenvalue weighted by molar-refractivity contribution is -0.0312. The Kier molecular flexibility index (Phi) is 2.93. The molecule has 2 heteroatoms. The Balaban J connectivity index is 1.70. The first-order valence-corrected chi connectivity index (χ1v) is 6.68. The van der Waals surface area contributed by atoms with Crippen molar-refractivity contribution < 1.29 is 4.74 Å². The highest BCUT2D eigenvalue weighted by molar-refractivity contribution is 5.29. The molecule has 1 N–H and O–H groups in total. The zero-order valence-corrected chi connectivity index (χ0v) is 10.5. The highest BCUT2D eigenvalue weighted by atomic mass is 16.5. The fraction of sp³-hybridized carbons (Fsp3) is 0.600. The quantitative estimate of drug-likeness (QED) is 0.863. The van der Waals surface area contributed by atoms with Gasteiger partial charge in [-0.05, 0) is 43.9 Å². The van der Waals surface area contributed by atoms with Gasteiger partial charge in [0.25, 0.3) is 0 Å². The van der Waals surface area contributed by atoms with Crippen molar-refractivity contribution >= 4 is 0 Å². The van der Waals surface area contributed by atoms with Gasteiger partial charge in [-0.2, -0.15) is 0 Å². The molecule has 0 spiro atoms. The molecule has 0 bridgehead atoms. The Hall–Kier alpha value is -0.860. The van der Waals surface area contributed by atoms with Crippen molar-refractivity contribution in [3.05, 3.63) is 35.4 Å². The van der Waals surface area contributed by atoms with Crippen LogP contribution in [0.25, 0.3) is 0 Å². The van der Waals surface area contributed by atoms with Gasteiger partial charge in [0.15, 0.2) is 0 Å². The summed E-state index contributed by atoms with van der Waals surface area (Å²) < 4.78 is 5.22. The molecular weight excluding hydrogens is 210 g/mol. The van der Waals surface area contributed by atoms with E-state index in [4.69, 9.17) is 4.74 Å². The van der Waals surface area contributed by atoms with Gasteiger partial charge in [0.1, 0.15) is 0 Å². The molecule has 17 heavy (non-hydrogen) atoms. The second kappa shape index (κ2) is 4.43. The van der Waals surface area contributed by atoms with Gasteiger partial charge in [-0.15, -0.1) is 0 Å². The molecule has 1 atom stereocenters. The third kappa shape index (κ3) is 2.24. The molecule has 0 aliphatic carbocycles. The third-order valence-electron chi connectivity index (χ3n) is 4.19. The summed E-state index contributed by atoms with van der Waals surface area (Å²) in [5.41, 5.74) is 3.09. The van der Waals surface area contributed by atoms with Gasteiger partial charge in [-0.3, -0.25) is 0 Å². The summed E-state index contributed by atoms with van der Waals surface area (Å²) in [6, 6.07) is 9.18. The average molecular weight is 231 g/mol. The minimum absolute atomic E-state index is 0.206. The number of hydrogen-bond donors (Lipinski definition) is 1. The van der Waals surface area contributed by atoms with Crippen molar-refractivity contribution in [3.63, 3.8) is 0 Å². The monoisotopic (exact) mass is 231 g/mol. The molecule has 2 heterocycles. The number of ether oxygens (including phenoxy) is 1. The summed E-state index contributed by atoms with van der Waals surface area (Å²) in [5.74, 6) is 0.751. The van der Waals surface area contributed by atoms with Crippen LogP contribution in [0.5, 0.6) is 0 Å². The minimum atomic E-state index is 0.206. The first-order chi connectivity index (χ1) is 8.26. The van der Waals surface area contributed by atoms with E-state index in [1.807, 2.05) is 0 Å². The Morgan fingerprint density at radius 2 is 2.06 bits per heavy atom. The Labute approximate surface area is 103 Å². The topological polar surface area (TPSA) is 21.3 Å². The molecule has 2 nitrogen and oxygen atoms in total. The molecule has 1 aromatic carbocycles. The van der Waals surface area contributed by atoms with Gasteiger partial charge in [0.2, 0.25) is 0 Å². The zero-order valence-electron chi connectivity index (χ0n) is 10.5. The molecular formula is C15H21NO. The Bertz CT molecular complexity index is 374. The highest BCUT2D eigenvalue weighted by Crippen LogP contribution is 2.30. The number of benzene rings is 1. The number of rotatable bonds is 3. The molecule has 2 saturated heterocycles. The van der Waals surface area contributed by atoms with Crippen LogP contribution in [0.2, 0.25) is 0 Å². The predicted molar refractivity (Wildman–Crippen MR) is 69.0 cm³/mol. The second-order valence-electron chi connectivity index (χ2n) is 5.67. The Morgan fingerprint density at radius 3 is 2.59 bits per heavy atom. The average Bonchev–Trinajstić information content (AvgIpc) is 2.73. The largest absolute Gasteiger partial charge is 0.381 e. The molecule has 0 aromatic heterocycles.